The Morgan fingerprint density at radius 3 is 2.36 bits per heavy atom. The van der Waals surface area contributed by atoms with E-state index in [4.69, 9.17) is 14.0 Å². The van der Waals surface area contributed by atoms with Crippen molar-refractivity contribution in [3.05, 3.63) is 12.2 Å². The van der Waals surface area contributed by atoms with E-state index in [2.05, 4.69) is 0 Å². The fourth-order valence-electron chi connectivity index (χ4n) is 1.20. The highest BCUT2D eigenvalue weighted by Gasteiger charge is 2.42. The average Bonchev–Trinajstić information content (AvgIpc) is 2.21. The summed E-state index contributed by atoms with van der Waals surface area (Å²) >= 11 is 0. The molecule has 82 valence electrons. The Labute approximate surface area is 85.8 Å². The molecule has 0 bridgehead atoms. The first-order valence-electron chi connectivity index (χ1n) is 4.55. The summed E-state index contributed by atoms with van der Waals surface area (Å²) in [5.74, 6) is 0. The van der Waals surface area contributed by atoms with Gasteiger partial charge in [-0.3, -0.25) is 4.79 Å². The molecule has 0 aliphatic heterocycles. The second kappa shape index (κ2) is 6.89. The lowest BCUT2D eigenvalue weighted by molar-refractivity contribution is -0.111. The van der Waals surface area contributed by atoms with Gasteiger partial charge in [-0.1, -0.05) is 6.08 Å². The van der Waals surface area contributed by atoms with Crippen LogP contribution < -0.4 is 0 Å². The van der Waals surface area contributed by atoms with E-state index in [0.717, 1.165) is 0 Å². The molecule has 0 aliphatic carbocycles. The molecule has 0 fully saturated rings. The van der Waals surface area contributed by atoms with Crippen LogP contribution in [-0.4, -0.2) is 39.9 Å². The van der Waals surface area contributed by atoms with Gasteiger partial charge in [-0.05, 0) is 19.4 Å². The summed E-state index contributed by atoms with van der Waals surface area (Å²) in [5.41, 5.74) is 0. The Balaban J connectivity index is 4.58. The van der Waals surface area contributed by atoms with Crippen molar-refractivity contribution in [2.24, 2.45) is 0 Å². The minimum absolute atomic E-state index is 0.0462. The van der Waals surface area contributed by atoms with Crippen LogP contribution in [0.25, 0.3) is 0 Å². The summed E-state index contributed by atoms with van der Waals surface area (Å²) in [6.07, 6.45) is 3.66. The predicted molar refractivity (Wildman–Crippen MR) is 56.1 cm³/mol. The minimum Gasteiger partial charge on any atom is -0.396 e. The predicted octanol–water partition coefficient (Wildman–Crippen LogP) is 0.788. The van der Waals surface area contributed by atoms with Crippen LogP contribution in [0.3, 0.4) is 0 Å². The summed E-state index contributed by atoms with van der Waals surface area (Å²) in [4.78, 5) is 11.7. The molecule has 4 nitrogen and oxygen atoms in total. The average molecular weight is 218 g/mol. The first-order valence-corrected chi connectivity index (χ1v) is 6.57. The highest BCUT2D eigenvalue weighted by atomic mass is 28.4. The summed E-state index contributed by atoms with van der Waals surface area (Å²) in [6, 6.07) is 0.486. The topological polar surface area (TPSA) is 55.8 Å². The maximum Gasteiger partial charge on any atom is 0.414 e. The van der Waals surface area contributed by atoms with Gasteiger partial charge < -0.3 is 14.0 Å². The summed E-state index contributed by atoms with van der Waals surface area (Å²) < 4.78 is 10.4. The fourth-order valence-corrected chi connectivity index (χ4v) is 3.47. The van der Waals surface area contributed by atoms with Crippen LogP contribution in [0.15, 0.2) is 12.2 Å². The van der Waals surface area contributed by atoms with Crippen LogP contribution in [0.5, 0.6) is 0 Å². The minimum atomic E-state index is -2.77. The van der Waals surface area contributed by atoms with Crippen LogP contribution in [0, 0.1) is 0 Å². The molecule has 5 heteroatoms. The zero-order valence-corrected chi connectivity index (χ0v) is 9.95. The third-order valence-electron chi connectivity index (χ3n) is 2.02. The first-order chi connectivity index (χ1) is 6.66. The molecule has 0 spiro atoms. The molecule has 0 heterocycles. The maximum absolute atomic E-state index is 11.7. The molecule has 0 saturated carbocycles. The molecular weight excluding hydrogens is 200 g/mol. The van der Waals surface area contributed by atoms with Crippen molar-refractivity contribution >= 4 is 14.0 Å². The Bertz CT molecular complexity index is 199. The highest BCUT2D eigenvalue weighted by Crippen LogP contribution is 2.16. The highest BCUT2D eigenvalue weighted by molar-refractivity contribution is 6.98. The van der Waals surface area contributed by atoms with Gasteiger partial charge in [0.2, 0.25) is 0 Å². The molecule has 0 radical (unpaired) electrons. The number of aliphatic hydroxyl groups excluding tert-OH is 1. The molecule has 1 N–H and O–H groups in total. The van der Waals surface area contributed by atoms with Crippen LogP contribution in [0.1, 0.15) is 13.3 Å². The lowest BCUT2D eigenvalue weighted by Crippen LogP contribution is -2.48. The zero-order valence-electron chi connectivity index (χ0n) is 8.95. The molecular formula is C9H18O4Si. The number of hydrogen-bond donors (Lipinski definition) is 1. The summed E-state index contributed by atoms with van der Waals surface area (Å²) in [5, 5.41) is 8.62. The van der Waals surface area contributed by atoms with Gasteiger partial charge in [-0.25, -0.2) is 0 Å². The molecule has 0 atom stereocenters. The van der Waals surface area contributed by atoms with Crippen LogP contribution in [-0.2, 0) is 13.6 Å². The van der Waals surface area contributed by atoms with E-state index in [0.29, 0.717) is 12.5 Å². The van der Waals surface area contributed by atoms with Gasteiger partial charge in [0.25, 0.3) is 0 Å². The molecule has 0 aromatic rings. The number of carbonyl (C=O) groups is 1. The van der Waals surface area contributed by atoms with Crippen LogP contribution in [0.2, 0.25) is 6.04 Å². The molecule has 0 unspecified atom stereocenters. The largest absolute Gasteiger partial charge is 0.414 e. The second-order valence-corrected chi connectivity index (χ2v) is 6.17. The van der Waals surface area contributed by atoms with Gasteiger partial charge in [-0.2, -0.15) is 0 Å². The van der Waals surface area contributed by atoms with E-state index < -0.39 is 8.56 Å². The standard InChI is InChI=1S/C9H18O4Si/c1-4-6-9(11)14(12-2,13-3)8-5-7-10/h4,6,10H,5,7-8H2,1-3H3. The molecule has 14 heavy (non-hydrogen) atoms. The van der Waals surface area contributed by atoms with Crippen molar-refractivity contribution in [2.75, 3.05) is 20.8 Å². The van der Waals surface area contributed by atoms with Crippen molar-refractivity contribution in [1.29, 1.82) is 0 Å². The van der Waals surface area contributed by atoms with E-state index in [1.807, 2.05) is 0 Å². The van der Waals surface area contributed by atoms with Crippen molar-refractivity contribution in [2.45, 2.75) is 19.4 Å². The molecule has 0 saturated heterocycles. The Kier molecular flexibility index (Phi) is 6.64. The van der Waals surface area contributed by atoms with Crippen molar-refractivity contribution in [3.8, 4) is 0 Å². The zero-order chi connectivity index (χ0) is 11.0. The van der Waals surface area contributed by atoms with Gasteiger partial charge in [0, 0.05) is 26.9 Å². The maximum atomic E-state index is 11.7. The normalized spacial score (nSPS) is 12.3. The quantitative estimate of drug-likeness (QED) is 0.507. The first kappa shape index (κ1) is 13.5. The van der Waals surface area contributed by atoms with Gasteiger partial charge in [0.15, 0.2) is 5.41 Å². The van der Waals surface area contributed by atoms with Crippen molar-refractivity contribution in [1.82, 2.24) is 0 Å². The number of rotatable bonds is 7. The van der Waals surface area contributed by atoms with E-state index in [-0.39, 0.29) is 12.0 Å². The smallest absolute Gasteiger partial charge is 0.396 e. The number of allylic oxidation sites excluding steroid dienone is 2. The lowest BCUT2D eigenvalue weighted by atomic mass is 10.5. The number of hydrogen-bond acceptors (Lipinski definition) is 4. The van der Waals surface area contributed by atoms with Crippen LogP contribution >= 0.6 is 0 Å². The molecule has 0 aromatic heterocycles. The third-order valence-corrected chi connectivity index (χ3v) is 5.27. The monoisotopic (exact) mass is 218 g/mol. The summed E-state index contributed by atoms with van der Waals surface area (Å²) in [6.45, 7) is 1.82. The van der Waals surface area contributed by atoms with Gasteiger partial charge in [-0.15, -0.1) is 0 Å². The third kappa shape index (κ3) is 3.34. The molecule has 0 amide bonds. The Morgan fingerprint density at radius 2 is 2.00 bits per heavy atom. The lowest BCUT2D eigenvalue weighted by Gasteiger charge is -2.23. The van der Waals surface area contributed by atoms with Gasteiger partial charge >= 0.3 is 8.56 Å². The van der Waals surface area contributed by atoms with Gasteiger partial charge in [0.1, 0.15) is 0 Å². The Morgan fingerprint density at radius 1 is 1.43 bits per heavy atom. The summed E-state index contributed by atoms with van der Waals surface area (Å²) in [7, 11) is 0.187. The molecule has 0 rings (SSSR count). The van der Waals surface area contributed by atoms with E-state index >= 15 is 0 Å². The molecule has 0 aromatic carbocycles. The Hall–Kier alpha value is -0.493. The van der Waals surface area contributed by atoms with E-state index in [1.54, 1.807) is 13.0 Å². The van der Waals surface area contributed by atoms with Crippen molar-refractivity contribution in [3.63, 3.8) is 0 Å². The fraction of sp³-hybridized carbons (Fsp3) is 0.667. The SMILES string of the molecule is CC=CC(=O)[Si](CCCO)(OC)OC. The van der Waals surface area contributed by atoms with Gasteiger partial charge in [0.05, 0.1) is 0 Å². The molecule has 0 aliphatic rings. The van der Waals surface area contributed by atoms with Crippen LogP contribution in [0.4, 0.5) is 0 Å². The van der Waals surface area contributed by atoms with E-state index in [1.165, 1.54) is 20.3 Å². The number of carbonyl (C=O) groups excluding carboxylic acids is 1. The van der Waals surface area contributed by atoms with Crippen molar-refractivity contribution < 1.29 is 18.8 Å². The number of aliphatic hydroxyl groups is 1. The van der Waals surface area contributed by atoms with E-state index in [9.17, 15) is 4.79 Å². The second-order valence-electron chi connectivity index (χ2n) is 2.85.